The number of amides is 2. The molecular formula is C17H20F2N2O3. The molecule has 2 amide bonds. The fourth-order valence-corrected chi connectivity index (χ4v) is 3.25. The van der Waals surface area contributed by atoms with Gasteiger partial charge in [-0.15, -0.1) is 0 Å². The number of carbonyl (C=O) groups excluding carboxylic acids is 2. The molecule has 0 bridgehead atoms. The average Bonchev–Trinajstić information content (AvgIpc) is 3.16. The number of nitrogens with zero attached hydrogens (tertiary/aromatic N) is 2. The van der Waals surface area contributed by atoms with Gasteiger partial charge in [-0.1, -0.05) is 12.1 Å². The second-order valence-electron chi connectivity index (χ2n) is 6.18. The molecule has 7 heteroatoms. The zero-order chi connectivity index (χ0) is 17.1. The molecule has 0 saturated carbocycles. The van der Waals surface area contributed by atoms with Gasteiger partial charge in [0.2, 0.25) is 5.91 Å². The minimum absolute atomic E-state index is 0.137. The summed E-state index contributed by atoms with van der Waals surface area (Å²) in [5.74, 6) is -0.0526. The maximum absolute atomic E-state index is 12.5. The third-order valence-corrected chi connectivity index (χ3v) is 4.45. The summed E-state index contributed by atoms with van der Waals surface area (Å²) in [5, 5.41) is 0. The lowest BCUT2D eigenvalue weighted by Gasteiger charge is -2.18. The van der Waals surface area contributed by atoms with Crippen molar-refractivity contribution in [2.45, 2.75) is 38.5 Å². The molecule has 0 radical (unpaired) electrons. The van der Waals surface area contributed by atoms with E-state index in [-0.39, 0.29) is 18.4 Å². The van der Waals surface area contributed by atoms with Gasteiger partial charge in [-0.25, -0.2) is 0 Å². The molecule has 2 aliphatic heterocycles. The first-order chi connectivity index (χ1) is 11.5. The van der Waals surface area contributed by atoms with Crippen molar-refractivity contribution in [3.8, 4) is 0 Å². The van der Waals surface area contributed by atoms with Gasteiger partial charge in [0.1, 0.15) is 0 Å². The van der Waals surface area contributed by atoms with Gasteiger partial charge >= 0.3 is 6.61 Å². The van der Waals surface area contributed by atoms with Crippen LogP contribution >= 0.6 is 0 Å². The van der Waals surface area contributed by atoms with Crippen LogP contribution in [0.15, 0.2) is 24.3 Å². The molecule has 2 aliphatic rings. The molecule has 0 N–H and O–H groups in total. The Labute approximate surface area is 139 Å². The Balaban J connectivity index is 1.63. The molecule has 0 unspecified atom stereocenters. The average molecular weight is 338 g/mol. The summed E-state index contributed by atoms with van der Waals surface area (Å²) in [6.07, 6.45) is 1.26. The van der Waals surface area contributed by atoms with E-state index in [2.05, 4.69) is 4.74 Å². The van der Waals surface area contributed by atoms with Crippen molar-refractivity contribution in [3.63, 3.8) is 0 Å². The van der Waals surface area contributed by atoms with E-state index in [1.807, 2.05) is 6.07 Å². The van der Waals surface area contributed by atoms with E-state index in [4.69, 9.17) is 0 Å². The van der Waals surface area contributed by atoms with Crippen LogP contribution < -0.4 is 0 Å². The molecule has 0 aliphatic carbocycles. The van der Waals surface area contributed by atoms with Gasteiger partial charge in [0.25, 0.3) is 5.91 Å². The third kappa shape index (κ3) is 3.90. The molecule has 130 valence electrons. The fourth-order valence-electron chi connectivity index (χ4n) is 3.25. The summed E-state index contributed by atoms with van der Waals surface area (Å²) in [4.78, 5) is 27.6. The second kappa shape index (κ2) is 7.25. The number of likely N-dealkylation sites (tertiary alicyclic amines) is 2. The Bertz CT molecular complexity index is 624. The number of ether oxygens (including phenoxy) is 1. The first kappa shape index (κ1) is 16.8. The molecule has 5 nitrogen and oxygen atoms in total. The predicted octanol–water partition coefficient (Wildman–Crippen LogP) is 2.26. The van der Waals surface area contributed by atoms with E-state index in [0.717, 1.165) is 18.5 Å². The summed E-state index contributed by atoms with van der Waals surface area (Å²) < 4.78 is 29.0. The summed E-state index contributed by atoms with van der Waals surface area (Å²) in [6, 6.07) is 7.15. The largest absolute Gasteiger partial charge is 0.345 e. The number of alkyl halides is 2. The Hall–Kier alpha value is -2.02. The third-order valence-electron chi connectivity index (χ3n) is 4.45. The van der Waals surface area contributed by atoms with Crippen LogP contribution in [-0.2, 0) is 16.1 Å². The SMILES string of the molecule is O=C1CCCN1Cc1cccc(C(=O)N2CC[C@H](OC(F)F)C2)c1. The number of hydrogen-bond acceptors (Lipinski definition) is 3. The maximum atomic E-state index is 12.5. The Kier molecular flexibility index (Phi) is 5.08. The monoisotopic (exact) mass is 338 g/mol. The number of hydrogen-bond donors (Lipinski definition) is 0. The lowest BCUT2D eigenvalue weighted by atomic mass is 10.1. The summed E-state index contributed by atoms with van der Waals surface area (Å²) in [6.45, 7) is -0.984. The van der Waals surface area contributed by atoms with Crippen LogP contribution in [-0.4, -0.2) is 54.0 Å². The van der Waals surface area contributed by atoms with Gasteiger partial charge in [0.15, 0.2) is 0 Å². The van der Waals surface area contributed by atoms with E-state index in [9.17, 15) is 18.4 Å². The molecule has 3 rings (SSSR count). The molecule has 1 aromatic rings. The predicted molar refractivity (Wildman–Crippen MR) is 82.5 cm³/mol. The van der Waals surface area contributed by atoms with Crippen LogP contribution in [0.25, 0.3) is 0 Å². The van der Waals surface area contributed by atoms with Crippen LogP contribution in [0.4, 0.5) is 8.78 Å². The number of carbonyl (C=O) groups is 2. The highest BCUT2D eigenvalue weighted by molar-refractivity contribution is 5.94. The molecule has 2 fully saturated rings. The number of benzene rings is 1. The van der Waals surface area contributed by atoms with Crippen molar-refractivity contribution in [1.82, 2.24) is 9.80 Å². The minimum Gasteiger partial charge on any atom is -0.338 e. The van der Waals surface area contributed by atoms with Crippen LogP contribution in [0, 0.1) is 0 Å². The highest BCUT2D eigenvalue weighted by Gasteiger charge is 2.29. The number of rotatable bonds is 5. The van der Waals surface area contributed by atoms with Crippen molar-refractivity contribution >= 4 is 11.8 Å². The normalized spacial score (nSPS) is 21.1. The van der Waals surface area contributed by atoms with Crippen LogP contribution in [0.2, 0.25) is 0 Å². The van der Waals surface area contributed by atoms with Crippen LogP contribution in [0.5, 0.6) is 0 Å². The van der Waals surface area contributed by atoms with Gasteiger partial charge < -0.3 is 14.5 Å². The van der Waals surface area contributed by atoms with Crippen molar-refractivity contribution in [1.29, 1.82) is 0 Å². The Morgan fingerprint density at radius 2 is 2.17 bits per heavy atom. The van der Waals surface area contributed by atoms with Gasteiger partial charge in [0.05, 0.1) is 6.10 Å². The lowest BCUT2D eigenvalue weighted by molar-refractivity contribution is -0.158. The van der Waals surface area contributed by atoms with Crippen LogP contribution in [0.3, 0.4) is 0 Å². The van der Waals surface area contributed by atoms with Gasteiger partial charge in [0, 0.05) is 38.2 Å². The second-order valence-corrected chi connectivity index (χ2v) is 6.18. The Morgan fingerprint density at radius 1 is 1.33 bits per heavy atom. The fraction of sp³-hybridized carbons (Fsp3) is 0.529. The summed E-state index contributed by atoms with van der Waals surface area (Å²) in [5.41, 5.74) is 1.41. The summed E-state index contributed by atoms with van der Waals surface area (Å²) >= 11 is 0. The Morgan fingerprint density at radius 3 is 2.88 bits per heavy atom. The topological polar surface area (TPSA) is 49.9 Å². The van der Waals surface area contributed by atoms with Crippen molar-refractivity contribution in [2.75, 3.05) is 19.6 Å². The smallest absolute Gasteiger partial charge is 0.338 e. The lowest BCUT2D eigenvalue weighted by Crippen LogP contribution is -2.31. The molecule has 1 atom stereocenters. The van der Waals surface area contributed by atoms with Crippen LogP contribution in [0.1, 0.15) is 35.2 Å². The minimum atomic E-state index is -2.81. The molecule has 1 aromatic carbocycles. The van der Waals surface area contributed by atoms with Gasteiger partial charge in [-0.3, -0.25) is 9.59 Å². The van der Waals surface area contributed by atoms with Crippen molar-refractivity contribution in [3.05, 3.63) is 35.4 Å². The highest BCUT2D eigenvalue weighted by atomic mass is 19.3. The van der Waals surface area contributed by atoms with Crippen molar-refractivity contribution < 1.29 is 23.1 Å². The molecule has 0 spiro atoms. The van der Waals surface area contributed by atoms with E-state index in [0.29, 0.717) is 31.5 Å². The molecule has 2 saturated heterocycles. The molecule has 2 heterocycles. The number of halogens is 2. The van der Waals surface area contributed by atoms with E-state index < -0.39 is 12.7 Å². The molecule has 24 heavy (non-hydrogen) atoms. The summed E-state index contributed by atoms with van der Waals surface area (Å²) in [7, 11) is 0. The highest BCUT2D eigenvalue weighted by Crippen LogP contribution is 2.20. The first-order valence-corrected chi connectivity index (χ1v) is 8.12. The van der Waals surface area contributed by atoms with E-state index >= 15 is 0 Å². The maximum Gasteiger partial charge on any atom is 0.345 e. The zero-order valence-electron chi connectivity index (χ0n) is 13.3. The molecular weight excluding hydrogens is 318 g/mol. The molecule has 0 aromatic heterocycles. The standard InChI is InChI=1S/C17H20F2N2O3/c18-17(19)24-14-6-8-21(11-14)16(23)13-4-1-3-12(9-13)10-20-7-2-5-15(20)22/h1,3-4,9,14,17H,2,5-8,10-11H2/t14-/m0/s1. The van der Waals surface area contributed by atoms with Gasteiger partial charge in [-0.2, -0.15) is 8.78 Å². The van der Waals surface area contributed by atoms with E-state index in [1.54, 1.807) is 23.1 Å². The van der Waals surface area contributed by atoms with Gasteiger partial charge in [-0.05, 0) is 30.5 Å². The quantitative estimate of drug-likeness (QED) is 0.827. The first-order valence-electron chi connectivity index (χ1n) is 8.12. The van der Waals surface area contributed by atoms with E-state index in [1.165, 1.54) is 4.90 Å². The zero-order valence-corrected chi connectivity index (χ0v) is 13.3. The van der Waals surface area contributed by atoms with Crippen molar-refractivity contribution in [2.24, 2.45) is 0 Å².